The molecule has 0 saturated carbocycles. The minimum Gasteiger partial charge on any atom is -0.478 e. The Hall–Kier alpha value is -1.89. The summed E-state index contributed by atoms with van der Waals surface area (Å²) in [5.74, 6) is -2.39. The molecule has 1 unspecified atom stereocenters. The van der Waals surface area contributed by atoms with Crippen LogP contribution in [0.1, 0.15) is 6.42 Å². The molecule has 0 radical (unpaired) electrons. The molecule has 1 fully saturated rings. The molecule has 1 aliphatic heterocycles. The van der Waals surface area contributed by atoms with Crippen LogP contribution in [0.4, 0.5) is 0 Å². The Morgan fingerprint density at radius 1 is 1.47 bits per heavy atom. The van der Waals surface area contributed by atoms with Gasteiger partial charge in [-0.1, -0.05) is 0 Å². The van der Waals surface area contributed by atoms with Gasteiger partial charge in [0.15, 0.2) is 0 Å². The molecule has 0 aromatic rings. The van der Waals surface area contributed by atoms with E-state index in [2.05, 4.69) is 0 Å². The molecule has 0 aromatic carbocycles. The van der Waals surface area contributed by atoms with E-state index in [-0.39, 0.29) is 18.4 Å². The zero-order valence-electron chi connectivity index (χ0n) is 10.7. The molecular weight excluding hydrogens is 254 g/mol. The normalized spacial score (nSPS) is 19.1. The number of rotatable bonds is 7. The Bertz CT molecular complexity index is 378. The van der Waals surface area contributed by atoms with Crippen molar-refractivity contribution < 1.29 is 29.0 Å². The molecule has 1 atom stereocenters. The summed E-state index contributed by atoms with van der Waals surface area (Å²) in [6, 6.07) is 0. The highest BCUT2D eigenvalue weighted by molar-refractivity contribution is 5.91. The van der Waals surface area contributed by atoms with Gasteiger partial charge in [0.2, 0.25) is 5.91 Å². The third kappa shape index (κ3) is 5.09. The lowest BCUT2D eigenvalue weighted by atomic mass is 10.1. The van der Waals surface area contributed by atoms with E-state index in [9.17, 15) is 14.4 Å². The maximum absolute atomic E-state index is 11.9. The van der Waals surface area contributed by atoms with Crippen molar-refractivity contribution in [3.8, 4) is 0 Å². The fourth-order valence-corrected chi connectivity index (χ4v) is 1.75. The van der Waals surface area contributed by atoms with Crippen LogP contribution in [0.2, 0.25) is 0 Å². The number of carbonyl (C=O) groups excluding carboxylic acids is 2. The van der Waals surface area contributed by atoms with E-state index in [1.165, 1.54) is 0 Å². The Balaban J connectivity index is 2.33. The van der Waals surface area contributed by atoms with Gasteiger partial charge in [-0.15, -0.1) is 0 Å². The van der Waals surface area contributed by atoms with Crippen LogP contribution in [0.15, 0.2) is 12.2 Å². The molecule has 19 heavy (non-hydrogen) atoms. The second-order valence-electron chi connectivity index (χ2n) is 4.11. The quantitative estimate of drug-likeness (QED) is 0.503. The third-order valence-electron chi connectivity index (χ3n) is 2.76. The van der Waals surface area contributed by atoms with Crippen LogP contribution in [0.25, 0.3) is 0 Å². The van der Waals surface area contributed by atoms with Crippen molar-refractivity contribution in [1.29, 1.82) is 0 Å². The number of likely N-dealkylation sites (tertiary alicyclic amines) is 1. The predicted molar refractivity (Wildman–Crippen MR) is 64.3 cm³/mol. The number of carbonyl (C=O) groups is 3. The van der Waals surface area contributed by atoms with E-state index in [4.69, 9.17) is 14.6 Å². The molecule has 0 bridgehead atoms. The van der Waals surface area contributed by atoms with Gasteiger partial charge in [-0.05, 0) is 6.42 Å². The van der Waals surface area contributed by atoms with Crippen LogP contribution in [-0.2, 0) is 23.9 Å². The van der Waals surface area contributed by atoms with Crippen LogP contribution in [0.5, 0.6) is 0 Å². The number of aliphatic carboxylic acids is 1. The average Bonchev–Trinajstić information content (AvgIpc) is 2.72. The molecular formula is C12H17NO6. The molecule has 1 N–H and O–H groups in total. The summed E-state index contributed by atoms with van der Waals surface area (Å²) in [6.45, 7) is 1.60. The molecule has 7 heteroatoms. The number of amides is 1. The van der Waals surface area contributed by atoms with Crippen LogP contribution in [0.3, 0.4) is 0 Å². The third-order valence-corrected chi connectivity index (χ3v) is 2.76. The predicted octanol–water partition coefficient (Wildman–Crippen LogP) is -0.335. The first-order chi connectivity index (χ1) is 9.04. The van der Waals surface area contributed by atoms with Gasteiger partial charge in [0, 0.05) is 32.4 Å². The monoisotopic (exact) mass is 271 g/mol. The van der Waals surface area contributed by atoms with Crippen molar-refractivity contribution in [2.45, 2.75) is 6.42 Å². The van der Waals surface area contributed by atoms with Crippen LogP contribution in [-0.4, -0.2) is 61.3 Å². The smallest absolute Gasteiger partial charge is 0.331 e. The first-order valence-corrected chi connectivity index (χ1v) is 5.90. The van der Waals surface area contributed by atoms with Crippen molar-refractivity contribution in [1.82, 2.24) is 4.90 Å². The number of carboxylic acids is 1. The number of methoxy groups -OCH3 is 1. The molecule has 1 rings (SSSR count). The average molecular weight is 271 g/mol. The lowest BCUT2D eigenvalue weighted by Gasteiger charge is -2.15. The molecule has 0 aromatic heterocycles. The summed E-state index contributed by atoms with van der Waals surface area (Å²) >= 11 is 0. The van der Waals surface area contributed by atoms with Gasteiger partial charge in [-0.3, -0.25) is 4.79 Å². The van der Waals surface area contributed by atoms with E-state index >= 15 is 0 Å². The molecule has 7 nitrogen and oxygen atoms in total. The van der Waals surface area contributed by atoms with Gasteiger partial charge in [0.05, 0.1) is 12.5 Å². The summed E-state index contributed by atoms with van der Waals surface area (Å²) in [4.78, 5) is 34.9. The van der Waals surface area contributed by atoms with Crippen molar-refractivity contribution in [2.24, 2.45) is 5.92 Å². The summed E-state index contributed by atoms with van der Waals surface area (Å²) in [7, 11) is 1.56. The summed E-state index contributed by atoms with van der Waals surface area (Å²) in [5, 5.41) is 8.33. The highest BCUT2D eigenvalue weighted by Crippen LogP contribution is 2.18. The molecule has 1 aliphatic rings. The van der Waals surface area contributed by atoms with Gasteiger partial charge >= 0.3 is 11.9 Å². The molecule has 106 valence electrons. The molecule has 0 aliphatic carbocycles. The standard InChI is InChI=1S/C12H17NO6/c1-18-7-6-13-5-4-9(12(13)17)8-19-11(16)3-2-10(14)15/h2-3,9H,4-8H2,1H3,(H,14,15)/b3-2+. The lowest BCUT2D eigenvalue weighted by Crippen LogP contribution is -2.31. The number of hydrogen-bond acceptors (Lipinski definition) is 5. The zero-order chi connectivity index (χ0) is 14.3. The van der Waals surface area contributed by atoms with Gasteiger partial charge in [0.1, 0.15) is 6.61 Å². The van der Waals surface area contributed by atoms with E-state index in [0.717, 1.165) is 6.08 Å². The number of nitrogens with zero attached hydrogens (tertiary/aromatic N) is 1. The summed E-state index contributed by atoms with van der Waals surface area (Å²) < 4.78 is 9.73. The highest BCUT2D eigenvalue weighted by atomic mass is 16.5. The topological polar surface area (TPSA) is 93.1 Å². The van der Waals surface area contributed by atoms with Gasteiger partial charge in [-0.2, -0.15) is 0 Å². The zero-order valence-corrected chi connectivity index (χ0v) is 10.7. The Morgan fingerprint density at radius 3 is 2.84 bits per heavy atom. The van der Waals surface area contributed by atoms with Crippen LogP contribution >= 0.6 is 0 Å². The molecule has 1 saturated heterocycles. The SMILES string of the molecule is COCCN1CCC(COC(=O)/C=C/C(=O)O)C1=O. The highest BCUT2D eigenvalue weighted by Gasteiger charge is 2.31. The number of ether oxygens (including phenoxy) is 2. The minimum atomic E-state index is -1.22. The maximum atomic E-state index is 11.9. The van der Waals surface area contributed by atoms with Crippen molar-refractivity contribution >= 4 is 17.8 Å². The Kier molecular flexibility index (Phi) is 6.01. The second kappa shape index (κ2) is 7.52. The fraction of sp³-hybridized carbons (Fsp3) is 0.583. The van der Waals surface area contributed by atoms with E-state index in [1.807, 2.05) is 0 Å². The second-order valence-corrected chi connectivity index (χ2v) is 4.11. The van der Waals surface area contributed by atoms with Gasteiger partial charge in [0.25, 0.3) is 0 Å². The van der Waals surface area contributed by atoms with Crippen molar-refractivity contribution in [3.05, 3.63) is 12.2 Å². The van der Waals surface area contributed by atoms with Crippen molar-refractivity contribution in [2.75, 3.05) is 33.4 Å². The molecule has 0 spiro atoms. The summed E-state index contributed by atoms with van der Waals surface area (Å²) in [5.41, 5.74) is 0. The Morgan fingerprint density at radius 2 is 2.21 bits per heavy atom. The Labute approximate surface area is 110 Å². The van der Waals surface area contributed by atoms with Crippen molar-refractivity contribution in [3.63, 3.8) is 0 Å². The lowest BCUT2D eigenvalue weighted by molar-refractivity contribution is -0.142. The minimum absolute atomic E-state index is 0.0227. The van der Waals surface area contributed by atoms with Crippen LogP contribution in [0, 0.1) is 5.92 Å². The van der Waals surface area contributed by atoms with E-state index in [0.29, 0.717) is 32.2 Å². The maximum Gasteiger partial charge on any atom is 0.331 e. The number of carboxylic acid groups (broad SMARTS) is 1. The van der Waals surface area contributed by atoms with E-state index < -0.39 is 11.9 Å². The molecule has 1 amide bonds. The fourth-order valence-electron chi connectivity index (χ4n) is 1.75. The first-order valence-electron chi connectivity index (χ1n) is 5.90. The number of esters is 1. The number of hydrogen-bond donors (Lipinski definition) is 1. The van der Waals surface area contributed by atoms with Gasteiger partial charge in [-0.25, -0.2) is 9.59 Å². The van der Waals surface area contributed by atoms with E-state index in [1.54, 1.807) is 12.0 Å². The van der Waals surface area contributed by atoms with Gasteiger partial charge < -0.3 is 19.5 Å². The van der Waals surface area contributed by atoms with Crippen LogP contribution < -0.4 is 0 Å². The first kappa shape index (κ1) is 15.2. The summed E-state index contributed by atoms with van der Waals surface area (Å²) in [6.07, 6.45) is 2.15. The largest absolute Gasteiger partial charge is 0.478 e. The molecule has 1 heterocycles.